The molecular formula is C26H26ClF2N3O4S. The summed E-state index contributed by atoms with van der Waals surface area (Å²) in [5.41, 5.74) is 1.08. The molecule has 3 rings (SSSR count). The van der Waals surface area contributed by atoms with Crippen molar-refractivity contribution in [3.05, 3.63) is 101 Å². The Bertz CT molecular complexity index is 1370. The van der Waals surface area contributed by atoms with Gasteiger partial charge in [-0.05, 0) is 29.3 Å². The first-order valence-electron chi connectivity index (χ1n) is 11.2. The largest absolute Gasteiger partial charge is 0.357 e. The lowest BCUT2D eigenvalue weighted by atomic mass is 10.0. The van der Waals surface area contributed by atoms with Crippen LogP contribution in [0.25, 0.3) is 0 Å². The van der Waals surface area contributed by atoms with Crippen molar-refractivity contribution < 1.29 is 26.8 Å². The third-order valence-electron chi connectivity index (χ3n) is 5.69. The fourth-order valence-corrected chi connectivity index (χ4v) is 4.82. The average Bonchev–Trinajstić information content (AvgIpc) is 2.86. The molecule has 0 heterocycles. The number of halogens is 3. The van der Waals surface area contributed by atoms with Crippen LogP contribution >= 0.6 is 11.6 Å². The van der Waals surface area contributed by atoms with E-state index in [1.165, 1.54) is 11.9 Å². The molecule has 0 aliphatic carbocycles. The molecule has 1 unspecified atom stereocenters. The van der Waals surface area contributed by atoms with Crippen molar-refractivity contribution in [2.45, 2.75) is 19.0 Å². The fraction of sp³-hybridized carbons (Fsp3) is 0.231. The second kappa shape index (κ2) is 12.2. The topological polar surface area (TPSA) is 86.8 Å². The molecule has 0 saturated heterocycles. The Labute approximate surface area is 219 Å². The standard InChI is InChI=1S/C26H26ClF2N3O4S/c1-30-26(34)24(14-18-8-4-3-5-9-18)31(16-19-10-6-7-11-21(19)27)25(33)17-32(37(2,35)36)20-12-13-22(28)23(29)15-20/h3-13,15,24H,14,16-17H2,1-2H3,(H,30,34). The van der Waals surface area contributed by atoms with Crippen molar-refractivity contribution in [2.24, 2.45) is 0 Å². The zero-order valence-electron chi connectivity index (χ0n) is 20.2. The van der Waals surface area contributed by atoms with E-state index < -0.39 is 46.1 Å². The van der Waals surface area contributed by atoms with Gasteiger partial charge in [0.2, 0.25) is 21.8 Å². The number of nitrogens with zero attached hydrogens (tertiary/aromatic N) is 2. The maximum Gasteiger partial charge on any atom is 0.244 e. The van der Waals surface area contributed by atoms with Gasteiger partial charge in [0.1, 0.15) is 12.6 Å². The Balaban J connectivity index is 2.05. The van der Waals surface area contributed by atoms with Gasteiger partial charge in [-0.1, -0.05) is 60.1 Å². The van der Waals surface area contributed by atoms with Gasteiger partial charge in [-0.2, -0.15) is 0 Å². The molecule has 2 amide bonds. The van der Waals surface area contributed by atoms with Gasteiger partial charge in [-0.3, -0.25) is 13.9 Å². The predicted octanol–water partition coefficient (Wildman–Crippen LogP) is 3.77. The number of likely N-dealkylation sites (N-methyl/N-ethyl adjacent to an activating group) is 1. The number of anilines is 1. The SMILES string of the molecule is CNC(=O)C(Cc1ccccc1)N(Cc1ccccc1Cl)C(=O)CN(c1ccc(F)c(F)c1)S(C)(=O)=O. The summed E-state index contributed by atoms with van der Waals surface area (Å²) in [5, 5.41) is 2.92. The third kappa shape index (κ3) is 7.27. The smallest absolute Gasteiger partial charge is 0.244 e. The summed E-state index contributed by atoms with van der Waals surface area (Å²) in [4.78, 5) is 28.0. The van der Waals surface area contributed by atoms with Crippen LogP contribution in [-0.4, -0.2) is 51.0 Å². The predicted molar refractivity (Wildman–Crippen MR) is 139 cm³/mol. The Morgan fingerprint density at radius 2 is 1.62 bits per heavy atom. The van der Waals surface area contributed by atoms with Crippen LogP contribution in [0.15, 0.2) is 72.8 Å². The van der Waals surface area contributed by atoms with E-state index >= 15 is 0 Å². The van der Waals surface area contributed by atoms with Crippen LogP contribution in [0.1, 0.15) is 11.1 Å². The highest BCUT2D eigenvalue weighted by Crippen LogP contribution is 2.24. The number of benzene rings is 3. The lowest BCUT2D eigenvalue weighted by molar-refractivity contribution is -0.139. The second-order valence-electron chi connectivity index (χ2n) is 8.30. The summed E-state index contributed by atoms with van der Waals surface area (Å²) in [7, 11) is -2.66. The maximum atomic E-state index is 13.9. The summed E-state index contributed by atoms with van der Waals surface area (Å²) in [6.07, 6.45) is 0.987. The van der Waals surface area contributed by atoms with E-state index in [1.54, 1.807) is 48.5 Å². The van der Waals surface area contributed by atoms with E-state index in [-0.39, 0.29) is 18.7 Å². The number of carbonyl (C=O) groups is 2. The molecule has 0 aliphatic heterocycles. The van der Waals surface area contributed by atoms with Crippen molar-refractivity contribution in [3.63, 3.8) is 0 Å². The zero-order chi connectivity index (χ0) is 27.2. The molecule has 7 nitrogen and oxygen atoms in total. The van der Waals surface area contributed by atoms with E-state index in [9.17, 15) is 26.8 Å². The molecule has 196 valence electrons. The van der Waals surface area contributed by atoms with E-state index in [0.29, 0.717) is 21.0 Å². The van der Waals surface area contributed by atoms with E-state index in [4.69, 9.17) is 11.6 Å². The molecule has 11 heteroatoms. The summed E-state index contributed by atoms with van der Waals surface area (Å²) in [6.45, 7) is -0.852. The maximum absolute atomic E-state index is 13.9. The van der Waals surface area contributed by atoms with Gasteiger partial charge < -0.3 is 10.2 Å². The monoisotopic (exact) mass is 549 g/mol. The summed E-state index contributed by atoms with van der Waals surface area (Å²) >= 11 is 6.34. The number of carbonyl (C=O) groups excluding carboxylic acids is 2. The molecule has 0 saturated carbocycles. The highest BCUT2D eigenvalue weighted by molar-refractivity contribution is 7.92. The molecule has 3 aromatic carbocycles. The molecule has 1 atom stereocenters. The molecule has 0 bridgehead atoms. The van der Waals surface area contributed by atoms with Gasteiger partial charge >= 0.3 is 0 Å². The Morgan fingerprint density at radius 1 is 0.973 bits per heavy atom. The highest BCUT2D eigenvalue weighted by Gasteiger charge is 2.33. The van der Waals surface area contributed by atoms with Crippen molar-refractivity contribution in [3.8, 4) is 0 Å². The van der Waals surface area contributed by atoms with Crippen LogP contribution in [0.4, 0.5) is 14.5 Å². The van der Waals surface area contributed by atoms with Crippen molar-refractivity contribution in [2.75, 3.05) is 24.2 Å². The van der Waals surface area contributed by atoms with E-state index in [1.807, 2.05) is 6.07 Å². The molecule has 1 N–H and O–H groups in total. The quantitative estimate of drug-likeness (QED) is 0.417. The zero-order valence-corrected chi connectivity index (χ0v) is 21.8. The lowest BCUT2D eigenvalue weighted by Gasteiger charge is -2.33. The molecule has 0 aromatic heterocycles. The minimum Gasteiger partial charge on any atom is -0.357 e. The van der Waals surface area contributed by atoms with Crippen LogP contribution in [-0.2, 0) is 32.6 Å². The molecule has 37 heavy (non-hydrogen) atoms. The normalized spacial score (nSPS) is 12.0. The van der Waals surface area contributed by atoms with Crippen LogP contribution < -0.4 is 9.62 Å². The summed E-state index contributed by atoms with van der Waals surface area (Å²) in [6, 6.07) is 17.3. The third-order valence-corrected chi connectivity index (χ3v) is 7.20. The number of rotatable bonds is 10. The van der Waals surface area contributed by atoms with Crippen molar-refractivity contribution in [1.29, 1.82) is 0 Å². The van der Waals surface area contributed by atoms with Crippen LogP contribution in [0.3, 0.4) is 0 Å². The number of hydrogen-bond acceptors (Lipinski definition) is 4. The van der Waals surface area contributed by atoms with Crippen LogP contribution in [0.5, 0.6) is 0 Å². The van der Waals surface area contributed by atoms with Gasteiger partial charge in [-0.25, -0.2) is 17.2 Å². The fourth-order valence-electron chi connectivity index (χ4n) is 3.78. The first-order chi connectivity index (χ1) is 17.5. The molecule has 0 aliphatic rings. The number of hydrogen-bond donors (Lipinski definition) is 1. The van der Waals surface area contributed by atoms with E-state index in [2.05, 4.69) is 5.32 Å². The van der Waals surface area contributed by atoms with Gasteiger partial charge in [0.25, 0.3) is 0 Å². The summed E-state index contributed by atoms with van der Waals surface area (Å²) in [5.74, 6) is -3.63. The van der Waals surface area contributed by atoms with Crippen LogP contribution in [0, 0.1) is 11.6 Å². The lowest BCUT2D eigenvalue weighted by Crippen LogP contribution is -2.52. The number of nitrogens with one attached hydrogen (secondary N) is 1. The first kappa shape index (κ1) is 28.1. The highest BCUT2D eigenvalue weighted by atomic mass is 35.5. The molecule has 0 radical (unpaired) electrons. The van der Waals surface area contributed by atoms with Crippen molar-refractivity contribution >= 4 is 39.1 Å². The number of amides is 2. The Kier molecular flexibility index (Phi) is 9.23. The van der Waals surface area contributed by atoms with Crippen LogP contribution in [0.2, 0.25) is 5.02 Å². The van der Waals surface area contributed by atoms with Gasteiger partial charge in [0.15, 0.2) is 11.6 Å². The van der Waals surface area contributed by atoms with Gasteiger partial charge in [0, 0.05) is 31.1 Å². The molecule has 0 fully saturated rings. The minimum atomic E-state index is -4.10. The Morgan fingerprint density at radius 3 is 2.22 bits per heavy atom. The Hall–Kier alpha value is -3.50. The summed E-state index contributed by atoms with van der Waals surface area (Å²) < 4.78 is 53.3. The number of sulfonamides is 1. The molecule has 0 spiro atoms. The average molecular weight is 550 g/mol. The first-order valence-corrected chi connectivity index (χ1v) is 13.4. The molecular weight excluding hydrogens is 524 g/mol. The minimum absolute atomic E-state index is 0.0984. The van der Waals surface area contributed by atoms with E-state index in [0.717, 1.165) is 24.0 Å². The van der Waals surface area contributed by atoms with Gasteiger partial charge in [0.05, 0.1) is 11.9 Å². The van der Waals surface area contributed by atoms with Crippen molar-refractivity contribution in [1.82, 2.24) is 10.2 Å². The molecule has 3 aromatic rings. The van der Waals surface area contributed by atoms with Gasteiger partial charge in [-0.15, -0.1) is 0 Å². The second-order valence-corrected chi connectivity index (χ2v) is 10.6.